The van der Waals surface area contributed by atoms with E-state index in [-0.39, 0.29) is 32.0 Å². The van der Waals surface area contributed by atoms with Gasteiger partial charge in [0.2, 0.25) is 23.6 Å². The van der Waals surface area contributed by atoms with Crippen molar-refractivity contribution in [3.05, 3.63) is 35.9 Å². The number of carbonyl (C=O) groups excluding carboxylic acids is 4. The van der Waals surface area contributed by atoms with Crippen LogP contribution in [0.2, 0.25) is 0 Å². The summed E-state index contributed by atoms with van der Waals surface area (Å²) in [5.74, 6) is -2.47. The maximum Gasteiger partial charge on any atom is 0.240 e. The van der Waals surface area contributed by atoms with Crippen molar-refractivity contribution in [1.29, 1.82) is 0 Å². The van der Waals surface area contributed by atoms with Crippen molar-refractivity contribution < 1.29 is 19.2 Å². The van der Waals surface area contributed by atoms with E-state index in [9.17, 15) is 19.2 Å². The molecular weight excluding hydrogens is 404 g/mol. The molecule has 0 aliphatic carbocycles. The second-order valence-electron chi connectivity index (χ2n) is 6.76. The highest BCUT2D eigenvalue weighted by Gasteiger charge is 2.18. The van der Waals surface area contributed by atoms with Gasteiger partial charge in [-0.2, -0.15) is 0 Å². The van der Waals surface area contributed by atoms with Crippen LogP contribution in [0.4, 0.5) is 0 Å². The van der Waals surface area contributed by atoms with Crippen LogP contribution in [0.1, 0.15) is 18.4 Å². The predicted molar refractivity (Wildman–Crippen MR) is 115 cm³/mol. The highest BCUT2D eigenvalue weighted by Crippen LogP contribution is 2.01. The predicted octanol–water partition coefficient (Wildman–Crippen LogP) is -3.19. The van der Waals surface area contributed by atoms with Crippen LogP contribution in [0.15, 0.2) is 35.3 Å². The molecule has 12 nitrogen and oxygen atoms in total. The fourth-order valence-corrected chi connectivity index (χ4v) is 2.54. The van der Waals surface area contributed by atoms with Gasteiger partial charge in [-0.25, -0.2) is 0 Å². The molecule has 4 amide bonds. The van der Waals surface area contributed by atoms with Crippen LogP contribution >= 0.6 is 0 Å². The van der Waals surface area contributed by atoms with Gasteiger partial charge in [0.25, 0.3) is 0 Å². The van der Waals surface area contributed by atoms with Gasteiger partial charge in [0, 0.05) is 6.54 Å². The number of aliphatic imine (C=N–C) groups is 1. The summed E-state index contributed by atoms with van der Waals surface area (Å²) in [5, 5.41) is 7.18. The molecule has 170 valence electrons. The van der Waals surface area contributed by atoms with Crippen molar-refractivity contribution in [3.63, 3.8) is 0 Å². The maximum atomic E-state index is 12.0. The third kappa shape index (κ3) is 11.2. The van der Waals surface area contributed by atoms with Crippen LogP contribution in [-0.4, -0.2) is 61.3 Å². The van der Waals surface area contributed by atoms with E-state index in [4.69, 9.17) is 22.9 Å². The SMILES string of the molecule is NC(=O)[C@H](CCCN=C(N)N)NC(=O)CNC(=O)CNC(=O)[C@@H](N)Cc1ccccc1. The van der Waals surface area contributed by atoms with Gasteiger partial charge in [0.1, 0.15) is 6.04 Å². The Morgan fingerprint density at radius 3 is 2.19 bits per heavy atom. The first kappa shape index (κ1) is 25.4. The molecule has 1 rings (SSSR count). The first-order chi connectivity index (χ1) is 14.7. The number of nitrogens with zero attached hydrogens (tertiary/aromatic N) is 1. The van der Waals surface area contributed by atoms with Crippen LogP contribution in [0.3, 0.4) is 0 Å². The molecule has 0 heterocycles. The largest absolute Gasteiger partial charge is 0.370 e. The lowest BCUT2D eigenvalue weighted by Crippen LogP contribution is -2.50. The van der Waals surface area contributed by atoms with Gasteiger partial charge in [-0.1, -0.05) is 30.3 Å². The van der Waals surface area contributed by atoms with Gasteiger partial charge >= 0.3 is 0 Å². The smallest absolute Gasteiger partial charge is 0.240 e. The Hall–Kier alpha value is -3.67. The molecule has 0 radical (unpaired) electrons. The summed E-state index contributed by atoms with van der Waals surface area (Å²) in [4.78, 5) is 51.0. The Labute approximate surface area is 180 Å². The number of nitrogens with one attached hydrogen (secondary N) is 3. The lowest BCUT2D eigenvalue weighted by atomic mass is 10.1. The molecule has 0 spiro atoms. The topological polar surface area (TPSA) is 221 Å². The van der Waals surface area contributed by atoms with Gasteiger partial charge in [-0.15, -0.1) is 0 Å². The van der Waals surface area contributed by atoms with Crippen molar-refractivity contribution in [2.75, 3.05) is 19.6 Å². The van der Waals surface area contributed by atoms with Crippen molar-refractivity contribution in [3.8, 4) is 0 Å². The first-order valence-corrected chi connectivity index (χ1v) is 9.67. The average molecular weight is 435 g/mol. The van der Waals surface area contributed by atoms with E-state index in [0.717, 1.165) is 5.56 Å². The fourth-order valence-electron chi connectivity index (χ4n) is 2.54. The normalized spacial score (nSPS) is 12.2. The summed E-state index contributed by atoms with van der Waals surface area (Å²) in [5.41, 5.74) is 22.4. The quantitative estimate of drug-likeness (QED) is 0.0956. The minimum Gasteiger partial charge on any atom is -0.370 e. The average Bonchev–Trinajstić information content (AvgIpc) is 2.72. The number of rotatable bonds is 13. The molecule has 0 unspecified atom stereocenters. The molecular formula is C19H30N8O4. The van der Waals surface area contributed by atoms with Crippen molar-refractivity contribution in [2.45, 2.75) is 31.3 Å². The van der Waals surface area contributed by atoms with Gasteiger partial charge in [-0.05, 0) is 24.8 Å². The number of carbonyl (C=O) groups is 4. The Morgan fingerprint density at radius 2 is 1.58 bits per heavy atom. The van der Waals surface area contributed by atoms with E-state index in [1.165, 1.54) is 0 Å². The van der Waals surface area contributed by atoms with Crippen LogP contribution in [0, 0.1) is 0 Å². The third-order valence-electron chi connectivity index (χ3n) is 4.13. The molecule has 12 heteroatoms. The van der Waals surface area contributed by atoms with Crippen molar-refractivity contribution >= 4 is 29.6 Å². The molecule has 0 saturated heterocycles. The van der Waals surface area contributed by atoms with Crippen LogP contribution in [0.25, 0.3) is 0 Å². The molecule has 0 aliphatic heterocycles. The monoisotopic (exact) mass is 434 g/mol. The zero-order valence-corrected chi connectivity index (χ0v) is 17.2. The molecule has 31 heavy (non-hydrogen) atoms. The number of hydrogen-bond acceptors (Lipinski definition) is 6. The molecule has 1 aromatic carbocycles. The zero-order chi connectivity index (χ0) is 23.2. The van der Waals surface area contributed by atoms with Crippen LogP contribution in [-0.2, 0) is 25.6 Å². The summed E-state index contributed by atoms with van der Waals surface area (Å²) in [6.07, 6.45) is 0.989. The number of primary amides is 1. The summed E-state index contributed by atoms with van der Waals surface area (Å²) >= 11 is 0. The van der Waals surface area contributed by atoms with Crippen molar-refractivity contribution in [2.24, 2.45) is 27.9 Å². The Morgan fingerprint density at radius 1 is 0.935 bits per heavy atom. The van der Waals surface area contributed by atoms with Gasteiger partial charge in [-0.3, -0.25) is 24.2 Å². The van der Waals surface area contributed by atoms with Crippen LogP contribution in [0.5, 0.6) is 0 Å². The molecule has 0 aliphatic rings. The minimum absolute atomic E-state index is 0.0736. The number of hydrogen-bond donors (Lipinski definition) is 7. The highest BCUT2D eigenvalue weighted by molar-refractivity contribution is 5.91. The molecule has 0 fully saturated rings. The number of guanidine groups is 1. The second kappa shape index (κ2) is 13.5. The lowest BCUT2D eigenvalue weighted by Gasteiger charge is -2.15. The Bertz CT molecular complexity index is 780. The van der Waals surface area contributed by atoms with E-state index < -0.39 is 35.7 Å². The van der Waals surface area contributed by atoms with Gasteiger partial charge < -0.3 is 38.9 Å². The number of amides is 4. The number of nitrogens with two attached hydrogens (primary N) is 4. The molecule has 0 bridgehead atoms. The lowest BCUT2D eigenvalue weighted by molar-refractivity contribution is -0.129. The Balaban J connectivity index is 2.31. The molecule has 1 aromatic rings. The van der Waals surface area contributed by atoms with E-state index in [1.54, 1.807) is 0 Å². The van der Waals surface area contributed by atoms with E-state index in [1.807, 2.05) is 30.3 Å². The minimum atomic E-state index is -0.922. The van der Waals surface area contributed by atoms with E-state index >= 15 is 0 Å². The molecule has 11 N–H and O–H groups in total. The standard InChI is InChI=1S/C19H30N8O4/c20-13(9-12-5-2-1-3-6-12)18(31)26-10-15(28)25-11-16(29)27-14(17(21)30)7-4-8-24-19(22)23/h1-3,5-6,13-14H,4,7-11,20H2,(H2,21,30)(H,25,28)(H,26,31)(H,27,29)(H4,22,23,24)/t13-,14-/m0/s1. The third-order valence-corrected chi connectivity index (χ3v) is 4.13. The van der Waals surface area contributed by atoms with E-state index in [0.29, 0.717) is 12.8 Å². The summed E-state index contributed by atoms with van der Waals surface area (Å²) < 4.78 is 0. The molecule has 0 saturated carbocycles. The second-order valence-corrected chi connectivity index (χ2v) is 6.76. The van der Waals surface area contributed by atoms with Gasteiger partial charge in [0.05, 0.1) is 19.1 Å². The highest BCUT2D eigenvalue weighted by atomic mass is 16.2. The summed E-state index contributed by atoms with van der Waals surface area (Å²) in [7, 11) is 0. The summed E-state index contributed by atoms with van der Waals surface area (Å²) in [6, 6.07) is 7.49. The van der Waals surface area contributed by atoms with Crippen LogP contribution < -0.4 is 38.9 Å². The maximum absolute atomic E-state index is 12.0. The number of benzene rings is 1. The molecule has 0 aromatic heterocycles. The first-order valence-electron chi connectivity index (χ1n) is 9.67. The van der Waals surface area contributed by atoms with Gasteiger partial charge in [0.15, 0.2) is 5.96 Å². The molecule has 2 atom stereocenters. The summed E-state index contributed by atoms with van der Waals surface area (Å²) in [6.45, 7) is -0.445. The zero-order valence-electron chi connectivity index (χ0n) is 17.2. The Kier molecular flexibility index (Phi) is 11.1. The fraction of sp³-hybridized carbons (Fsp3) is 0.421. The van der Waals surface area contributed by atoms with E-state index in [2.05, 4.69) is 20.9 Å². The van der Waals surface area contributed by atoms with Crippen molar-refractivity contribution in [1.82, 2.24) is 16.0 Å².